The molecule has 1 aliphatic heterocycles. The van der Waals surface area contributed by atoms with E-state index < -0.39 is 0 Å². The van der Waals surface area contributed by atoms with Crippen molar-refractivity contribution in [3.05, 3.63) is 17.7 Å². The molecule has 1 saturated heterocycles. The fourth-order valence-corrected chi connectivity index (χ4v) is 2.38. The van der Waals surface area contributed by atoms with Crippen LogP contribution >= 0.6 is 0 Å². The number of amides is 2. The first-order chi connectivity index (χ1) is 9.99. The van der Waals surface area contributed by atoms with E-state index in [-0.39, 0.29) is 17.5 Å². The van der Waals surface area contributed by atoms with E-state index in [1.165, 1.54) is 6.33 Å². The van der Waals surface area contributed by atoms with Crippen LogP contribution < -0.4 is 5.32 Å². The number of hydrogen-bond acceptors (Lipinski definition) is 3. The minimum absolute atomic E-state index is 0.130. The van der Waals surface area contributed by atoms with Crippen molar-refractivity contribution in [3.8, 4) is 0 Å². The molecular weight excluding hydrogens is 268 g/mol. The molecule has 2 amide bonds. The first kappa shape index (κ1) is 15.5. The summed E-state index contributed by atoms with van der Waals surface area (Å²) < 4.78 is 0. The molecule has 0 spiro atoms. The van der Waals surface area contributed by atoms with Gasteiger partial charge >= 0.3 is 0 Å². The summed E-state index contributed by atoms with van der Waals surface area (Å²) in [4.78, 5) is 33.2. The summed E-state index contributed by atoms with van der Waals surface area (Å²) in [6.07, 6.45) is 3.42. The number of imidazole rings is 1. The van der Waals surface area contributed by atoms with Gasteiger partial charge in [-0.15, -0.1) is 0 Å². The first-order valence-corrected chi connectivity index (χ1v) is 7.60. The van der Waals surface area contributed by atoms with Crippen molar-refractivity contribution in [2.75, 3.05) is 19.6 Å². The number of rotatable bonds is 4. The van der Waals surface area contributed by atoms with Crippen LogP contribution in [-0.2, 0) is 0 Å². The summed E-state index contributed by atoms with van der Waals surface area (Å²) in [7, 11) is 0. The zero-order chi connectivity index (χ0) is 15.4. The standard InChI is InChI=1S/C15H24N4O2/c1-10(2)8-16-14(20)12-13(18-9-17-12)15(21)19-6-4-11(3)5-7-19/h9-11H,4-8H2,1-3H3,(H,16,20)(H,17,18). The number of H-pyrrole nitrogens is 1. The number of aromatic amines is 1. The Morgan fingerprint density at radius 2 is 2.10 bits per heavy atom. The molecule has 6 heteroatoms. The Kier molecular flexibility index (Phi) is 4.98. The lowest BCUT2D eigenvalue weighted by atomic mass is 9.99. The smallest absolute Gasteiger partial charge is 0.272 e. The van der Waals surface area contributed by atoms with E-state index in [0.29, 0.717) is 24.1 Å². The van der Waals surface area contributed by atoms with Crippen LogP contribution in [0.2, 0.25) is 0 Å². The summed E-state index contributed by atoms with van der Waals surface area (Å²) in [5.74, 6) is 0.591. The number of aromatic nitrogens is 2. The zero-order valence-corrected chi connectivity index (χ0v) is 13.0. The van der Waals surface area contributed by atoms with E-state index in [1.807, 2.05) is 13.8 Å². The molecule has 6 nitrogen and oxygen atoms in total. The molecule has 0 aliphatic carbocycles. The second-order valence-electron chi connectivity index (χ2n) is 6.20. The summed E-state index contributed by atoms with van der Waals surface area (Å²) in [6.45, 7) is 8.29. The average Bonchev–Trinajstić information content (AvgIpc) is 2.94. The largest absolute Gasteiger partial charge is 0.350 e. The van der Waals surface area contributed by atoms with Crippen molar-refractivity contribution in [1.82, 2.24) is 20.2 Å². The number of carbonyl (C=O) groups excluding carboxylic acids is 2. The van der Waals surface area contributed by atoms with Gasteiger partial charge in [0.2, 0.25) is 0 Å². The van der Waals surface area contributed by atoms with Gasteiger partial charge in [0, 0.05) is 19.6 Å². The van der Waals surface area contributed by atoms with Gasteiger partial charge in [0.1, 0.15) is 5.69 Å². The average molecular weight is 292 g/mol. The summed E-state index contributed by atoms with van der Waals surface area (Å²) in [5.41, 5.74) is 0.491. The third-order valence-electron chi connectivity index (χ3n) is 3.81. The number of carbonyl (C=O) groups is 2. The highest BCUT2D eigenvalue weighted by molar-refractivity contribution is 6.04. The highest BCUT2D eigenvalue weighted by Gasteiger charge is 2.27. The minimum Gasteiger partial charge on any atom is -0.350 e. The molecule has 1 aromatic rings. The molecule has 0 unspecified atom stereocenters. The molecule has 1 aromatic heterocycles. The lowest BCUT2D eigenvalue weighted by Gasteiger charge is -2.30. The van der Waals surface area contributed by atoms with Gasteiger partial charge in [0.15, 0.2) is 5.69 Å². The molecule has 2 N–H and O–H groups in total. The Bertz CT molecular complexity index is 502. The third kappa shape index (κ3) is 3.83. The number of hydrogen-bond donors (Lipinski definition) is 2. The topological polar surface area (TPSA) is 78.1 Å². The van der Waals surface area contributed by atoms with Gasteiger partial charge in [0.25, 0.3) is 11.8 Å². The maximum absolute atomic E-state index is 12.5. The second kappa shape index (κ2) is 6.74. The van der Waals surface area contributed by atoms with Crippen LogP contribution in [0.15, 0.2) is 6.33 Å². The molecule has 0 bridgehead atoms. The molecule has 0 aromatic carbocycles. The van der Waals surface area contributed by atoms with E-state index in [9.17, 15) is 9.59 Å². The van der Waals surface area contributed by atoms with Gasteiger partial charge < -0.3 is 15.2 Å². The van der Waals surface area contributed by atoms with Gasteiger partial charge in [-0.25, -0.2) is 4.98 Å². The van der Waals surface area contributed by atoms with Crippen molar-refractivity contribution >= 4 is 11.8 Å². The summed E-state index contributed by atoms with van der Waals surface area (Å²) >= 11 is 0. The van der Waals surface area contributed by atoms with Crippen molar-refractivity contribution in [2.45, 2.75) is 33.6 Å². The molecule has 21 heavy (non-hydrogen) atoms. The van der Waals surface area contributed by atoms with Gasteiger partial charge in [-0.2, -0.15) is 0 Å². The zero-order valence-electron chi connectivity index (χ0n) is 13.0. The van der Waals surface area contributed by atoms with Crippen molar-refractivity contribution in [2.24, 2.45) is 11.8 Å². The third-order valence-corrected chi connectivity index (χ3v) is 3.81. The van der Waals surface area contributed by atoms with E-state index in [0.717, 1.165) is 25.9 Å². The lowest BCUT2D eigenvalue weighted by Crippen LogP contribution is -2.39. The Labute approximate surface area is 125 Å². The SMILES string of the molecule is CC(C)CNC(=O)c1nc[nH]c1C(=O)N1CCC(C)CC1. The normalized spacial score (nSPS) is 16.3. The van der Waals surface area contributed by atoms with Crippen molar-refractivity contribution in [3.63, 3.8) is 0 Å². The second-order valence-corrected chi connectivity index (χ2v) is 6.20. The first-order valence-electron chi connectivity index (χ1n) is 7.60. The van der Waals surface area contributed by atoms with Crippen LogP contribution in [0.25, 0.3) is 0 Å². The van der Waals surface area contributed by atoms with Gasteiger partial charge in [-0.1, -0.05) is 20.8 Å². The van der Waals surface area contributed by atoms with Crippen LogP contribution in [0.3, 0.4) is 0 Å². The van der Waals surface area contributed by atoms with Gasteiger partial charge in [-0.05, 0) is 24.7 Å². The van der Waals surface area contributed by atoms with Crippen LogP contribution in [-0.4, -0.2) is 46.3 Å². The number of nitrogens with one attached hydrogen (secondary N) is 2. The number of piperidine rings is 1. The van der Waals surface area contributed by atoms with Crippen LogP contribution in [0, 0.1) is 11.8 Å². The monoisotopic (exact) mass is 292 g/mol. The summed E-state index contributed by atoms with van der Waals surface area (Å²) in [6, 6.07) is 0. The Morgan fingerprint density at radius 1 is 1.43 bits per heavy atom. The van der Waals surface area contributed by atoms with Crippen LogP contribution in [0.5, 0.6) is 0 Å². The van der Waals surface area contributed by atoms with E-state index in [2.05, 4.69) is 22.2 Å². The maximum atomic E-state index is 12.5. The van der Waals surface area contributed by atoms with Crippen molar-refractivity contribution < 1.29 is 9.59 Å². The van der Waals surface area contributed by atoms with Crippen LogP contribution in [0.4, 0.5) is 0 Å². The molecule has 2 heterocycles. The predicted molar refractivity (Wildman–Crippen MR) is 80.1 cm³/mol. The minimum atomic E-state index is -0.293. The fraction of sp³-hybridized carbons (Fsp3) is 0.667. The fourth-order valence-electron chi connectivity index (χ4n) is 2.38. The molecule has 1 aliphatic rings. The molecule has 0 radical (unpaired) electrons. The molecule has 0 atom stereocenters. The highest BCUT2D eigenvalue weighted by atomic mass is 16.2. The Hall–Kier alpha value is -1.85. The quantitative estimate of drug-likeness (QED) is 0.886. The van der Waals surface area contributed by atoms with Crippen molar-refractivity contribution in [1.29, 1.82) is 0 Å². The molecule has 2 rings (SSSR count). The Balaban J connectivity index is 2.05. The van der Waals surface area contributed by atoms with E-state index >= 15 is 0 Å². The van der Waals surface area contributed by atoms with Gasteiger partial charge in [-0.3, -0.25) is 9.59 Å². The van der Waals surface area contributed by atoms with E-state index in [4.69, 9.17) is 0 Å². The predicted octanol–water partition coefficient (Wildman–Crippen LogP) is 1.67. The summed E-state index contributed by atoms with van der Waals surface area (Å²) in [5, 5.41) is 2.80. The van der Waals surface area contributed by atoms with Crippen LogP contribution in [0.1, 0.15) is 54.6 Å². The lowest BCUT2D eigenvalue weighted by molar-refractivity contribution is 0.0686. The molecular formula is C15H24N4O2. The Morgan fingerprint density at radius 3 is 2.71 bits per heavy atom. The molecule has 116 valence electrons. The molecule has 0 saturated carbocycles. The number of nitrogens with zero attached hydrogens (tertiary/aromatic N) is 2. The van der Waals surface area contributed by atoms with E-state index in [1.54, 1.807) is 4.90 Å². The number of likely N-dealkylation sites (tertiary alicyclic amines) is 1. The highest BCUT2D eigenvalue weighted by Crippen LogP contribution is 2.18. The molecule has 1 fully saturated rings. The maximum Gasteiger partial charge on any atom is 0.272 e. The van der Waals surface area contributed by atoms with Gasteiger partial charge in [0.05, 0.1) is 6.33 Å².